The molecule has 6 nitrogen and oxygen atoms in total. The van der Waals surface area contributed by atoms with Crippen LogP contribution >= 0.6 is 11.8 Å². The van der Waals surface area contributed by atoms with Gasteiger partial charge in [-0.05, 0) is 43.2 Å². The van der Waals surface area contributed by atoms with Crippen LogP contribution in [0.4, 0.5) is 14.9 Å². The molecule has 0 unspecified atom stereocenters. The van der Waals surface area contributed by atoms with Crippen molar-refractivity contribution in [3.63, 3.8) is 0 Å². The molecule has 0 spiro atoms. The topological polar surface area (TPSA) is 94.2 Å². The van der Waals surface area contributed by atoms with Crippen LogP contribution in [0.3, 0.4) is 0 Å². The first-order valence-electron chi connectivity index (χ1n) is 8.73. The van der Waals surface area contributed by atoms with Crippen LogP contribution in [0.2, 0.25) is 0 Å². The minimum Gasteiger partial charge on any atom is -0.465 e. The van der Waals surface area contributed by atoms with Gasteiger partial charge in [0, 0.05) is 51.1 Å². The average Bonchev–Trinajstić information content (AvgIpc) is 3.16. The molecule has 144 valence electrons. The van der Waals surface area contributed by atoms with Gasteiger partial charge in [0.05, 0.1) is 5.56 Å². The monoisotopic (exact) mass is 399 g/mol. The lowest BCUT2D eigenvalue weighted by molar-refractivity contribution is 0.103. The zero-order chi connectivity index (χ0) is 20.0. The number of nitrogens with one attached hydrogen (secondary N) is 3. The lowest BCUT2D eigenvalue weighted by Crippen LogP contribution is -2.23. The number of carboxylic acid groups (broad SMARTS) is 1. The van der Waals surface area contributed by atoms with Crippen molar-refractivity contribution in [3.8, 4) is 11.3 Å². The van der Waals surface area contributed by atoms with E-state index in [2.05, 4.69) is 15.6 Å². The number of benzene rings is 2. The van der Waals surface area contributed by atoms with E-state index >= 15 is 0 Å². The molecule has 2 heterocycles. The van der Waals surface area contributed by atoms with Gasteiger partial charge in [0.25, 0.3) is 5.91 Å². The van der Waals surface area contributed by atoms with E-state index in [1.54, 1.807) is 6.07 Å². The summed E-state index contributed by atoms with van der Waals surface area (Å²) in [4.78, 5) is 27.2. The molecule has 0 saturated heterocycles. The van der Waals surface area contributed by atoms with Gasteiger partial charge in [0.1, 0.15) is 5.82 Å². The molecule has 4 N–H and O–H groups in total. The summed E-state index contributed by atoms with van der Waals surface area (Å²) in [5, 5.41) is 14.8. The van der Waals surface area contributed by atoms with Gasteiger partial charge in [-0.25, -0.2) is 9.18 Å². The molecule has 2 aromatic carbocycles. The number of aromatic amines is 1. The molecular formula is C20H18FN3O3S. The Bertz CT molecular complexity index is 1140. The highest BCUT2D eigenvalue weighted by molar-refractivity contribution is 7.99. The summed E-state index contributed by atoms with van der Waals surface area (Å²) in [5.41, 5.74) is 4.68. The summed E-state index contributed by atoms with van der Waals surface area (Å²) < 4.78 is 14.7. The van der Waals surface area contributed by atoms with Gasteiger partial charge in [-0.15, -0.1) is 11.8 Å². The first-order chi connectivity index (χ1) is 13.4. The molecule has 3 aromatic rings. The second-order valence-corrected chi connectivity index (χ2v) is 7.79. The first kappa shape index (κ1) is 18.4. The molecule has 0 radical (unpaired) electrons. The van der Waals surface area contributed by atoms with Crippen LogP contribution in [0.5, 0.6) is 0 Å². The number of thioether (sulfide) groups is 1. The molecule has 0 saturated carbocycles. The van der Waals surface area contributed by atoms with E-state index in [0.717, 1.165) is 16.8 Å². The summed E-state index contributed by atoms with van der Waals surface area (Å²) in [6.45, 7) is 4.19. The van der Waals surface area contributed by atoms with Gasteiger partial charge in [-0.3, -0.25) is 4.79 Å². The Morgan fingerprint density at radius 2 is 2.07 bits per heavy atom. The lowest BCUT2D eigenvalue weighted by atomic mass is 9.95. The maximum atomic E-state index is 14.7. The Morgan fingerprint density at radius 1 is 1.29 bits per heavy atom. The highest BCUT2D eigenvalue weighted by atomic mass is 32.2. The number of anilines is 1. The van der Waals surface area contributed by atoms with Crippen molar-refractivity contribution in [2.24, 2.45) is 0 Å². The van der Waals surface area contributed by atoms with E-state index < -0.39 is 11.9 Å². The van der Waals surface area contributed by atoms with Gasteiger partial charge < -0.3 is 20.7 Å². The van der Waals surface area contributed by atoms with E-state index in [-0.39, 0.29) is 12.5 Å². The number of hydrogen-bond donors (Lipinski definition) is 4. The Labute approximate surface area is 164 Å². The van der Waals surface area contributed by atoms with E-state index in [1.807, 2.05) is 26.1 Å². The maximum absolute atomic E-state index is 14.7. The number of halogens is 1. The van der Waals surface area contributed by atoms with Crippen LogP contribution in [0.1, 0.15) is 21.5 Å². The number of hydrogen-bond acceptors (Lipinski definition) is 3. The summed E-state index contributed by atoms with van der Waals surface area (Å²) in [5.74, 6) is -0.221. The van der Waals surface area contributed by atoms with E-state index in [4.69, 9.17) is 5.11 Å². The molecule has 0 bridgehead atoms. The third kappa shape index (κ3) is 2.90. The summed E-state index contributed by atoms with van der Waals surface area (Å²) >= 11 is 1.36. The number of aromatic nitrogens is 1. The van der Waals surface area contributed by atoms with E-state index in [0.29, 0.717) is 38.2 Å². The van der Waals surface area contributed by atoms with Gasteiger partial charge in [-0.1, -0.05) is 0 Å². The minimum atomic E-state index is -1.10. The molecule has 4 rings (SSSR count). The standard InChI is InChI=1S/C20H18FN3O3S/c1-9-8-23-18(10(9)2)11-7-14(28-6-5-22-20(26)27)16-12(21)3-4-13-17(16)15(11)19(25)24-13/h3-4,7-8,22-23H,5-6H2,1-2H3,(H,24,25)(H,26,27). The predicted molar refractivity (Wildman–Crippen MR) is 108 cm³/mol. The molecule has 8 heteroatoms. The van der Waals surface area contributed by atoms with Crippen LogP contribution in [0.25, 0.3) is 22.0 Å². The molecule has 1 aliphatic rings. The van der Waals surface area contributed by atoms with E-state index in [9.17, 15) is 14.0 Å². The molecule has 1 aromatic heterocycles. The first-order valence-corrected chi connectivity index (χ1v) is 9.72. The normalized spacial score (nSPS) is 12.5. The van der Waals surface area contributed by atoms with Crippen LogP contribution in [0, 0.1) is 19.7 Å². The van der Waals surface area contributed by atoms with Crippen molar-refractivity contribution < 1.29 is 19.1 Å². The number of H-pyrrole nitrogens is 1. The molecule has 0 atom stereocenters. The highest BCUT2D eigenvalue weighted by Crippen LogP contribution is 2.45. The summed E-state index contributed by atoms with van der Waals surface area (Å²) in [6.07, 6.45) is 0.782. The van der Waals surface area contributed by atoms with Crippen LogP contribution in [-0.4, -0.2) is 34.4 Å². The minimum absolute atomic E-state index is 0.234. The van der Waals surface area contributed by atoms with Crippen molar-refractivity contribution >= 4 is 40.2 Å². The zero-order valence-corrected chi connectivity index (χ0v) is 16.1. The fourth-order valence-corrected chi connectivity index (χ4v) is 4.49. The number of amides is 2. The van der Waals surface area contributed by atoms with Crippen molar-refractivity contribution in [3.05, 3.63) is 46.9 Å². The zero-order valence-electron chi connectivity index (χ0n) is 15.3. The third-order valence-electron chi connectivity index (χ3n) is 4.98. The van der Waals surface area contributed by atoms with Crippen molar-refractivity contribution in [2.45, 2.75) is 18.7 Å². The maximum Gasteiger partial charge on any atom is 0.404 e. The van der Waals surface area contributed by atoms with Gasteiger partial charge in [-0.2, -0.15) is 0 Å². The van der Waals surface area contributed by atoms with Crippen molar-refractivity contribution in [1.29, 1.82) is 0 Å². The largest absolute Gasteiger partial charge is 0.465 e. The van der Waals surface area contributed by atoms with Crippen molar-refractivity contribution in [2.75, 3.05) is 17.6 Å². The quantitative estimate of drug-likeness (QED) is 0.375. The lowest BCUT2D eigenvalue weighted by Gasteiger charge is -2.13. The summed E-state index contributed by atoms with van der Waals surface area (Å²) in [6, 6.07) is 4.73. The number of carbonyl (C=O) groups excluding carboxylic acids is 1. The number of aryl methyl sites for hydroxylation is 1. The molecule has 0 fully saturated rings. The average molecular weight is 399 g/mol. The Kier molecular flexibility index (Phi) is 4.50. The third-order valence-corrected chi connectivity index (χ3v) is 6.02. The van der Waals surface area contributed by atoms with Crippen LogP contribution < -0.4 is 10.6 Å². The molecule has 2 amide bonds. The smallest absolute Gasteiger partial charge is 0.404 e. The predicted octanol–water partition coefficient (Wildman–Crippen LogP) is 4.52. The Morgan fingerprint density at radius 3 is 2.75 bits per heavy atom. The van der Waals surface area contributed by atoms with Gasteiger partial charge in [0.15, 0.2) is 0 Å². The van der Waals surface area contributed by atoms with Crippen molar-refractivity contribution in [1.82, 2.24) is 10.3 Å². The molecule has 0 aliphatic carbocycles. The summed E-state index contributed by atoms with van der Waals surface area (Å²) in [7, 11) is 0. The molecular weight excluding hydrogens is 381 g/mol. The highest BCUT2D eigenvalue weighted by Gasteiger charge is 2.29. The van der Waals surface area contributed by atoms with Gasteiger partial charge in [0.2, 0.25) is 0 Å². The van der Waals surface area contributed by atoms with Crippen LogP contribution in [0.15, 0.2) is 29.3 Å². The van der Waals surface area contributed by atoms with Gasteiger partial charge >= 0.3 is 6.09 Å². The van der Waals surface area contributed by atoms with E-state index in [1.165, 1.54) is 17.8 Å². The number of carbonyl (C=O) groups is 2. The second-order valence-electron chi connectivity index (χ2n) is 6.65. The fraction of sp³-hybridized carbons (Fsp3) is 0.200. The van der Waals surface area contributed by atoms with Crippen LogP contribution in [-0.2, 0) is 0 Å². The number of rotatable bonds is 5. The fourth-order valence-electron chi connectivity index (χ4n) is 3.52. The SMILES string of the molecule is Cc1c[nH]c(-c2cc(SCCNC(=O)O)c3c(F)ccc4c3c2C(=O)N4)c1C. The Hall–Kier alpha value is -3.00. The molecule has 1 aliphatic heterocycles. The molecule has 28 heavy (non-hydrogen) atoms. The second kappa shape index (κ2) is 6.87. The Balaban J connectivity index is 1.91.